The Hall–Kier alpha value is -1.30. The van der Waals surface area contributed by atoms with Crippen molar-refractivity contribution in [1.29, 1.82) is 0 Å². The van der Waals surface area contributed by atoms with E-state index >= 15 is 0 Å². The third-order valence-electron chi connectivity index (χ3n) is 4.27. The quantitative estimate of drug-likeness (QED) is 0.241. The van der Waals surface area contributed by atoms with E-state index in [0.717, 1.165) is 18.4 Å². The highest BCUT2D eigenvalue weighted by Crippen LogP contribution is 2.20. The van der Waals surface area contributed by atoms with Crippen molar-refractivity contribution >= 4 is 29.9 Å². The Morgan fingerprint density at radius 1 is 1.43 bits per heavy atom. The van der Waals surface area contributed by atoms with Crippen LogP contribution in [0.3, 0.4) is 0 Å². The van der Waals surface area contributed by atoms with Crippen LogP contribution >= 0.6 is 24.0 Å². The lowest BCUT2D eigenvalue weighted by Gasteiger charge is -2.20. The van der Waals surface area contributed by atoms with Gasteiger partial charge in [-0.1, -0.05) is 19.4 Å². The molecule has 0 radical (unpaired) electrons. The van der Waals surface area contributed by atoms with Crippen molar-refractivity contribution in [3.63, 3.8) is 0 Å². The number of unbranched alkanes of at least 4 members (excludes halogenated alkanes) is 1. The molecule has 2 N–H and O–H groups in total. The van der Waals surface area contributed by atoms with Crippen LogP contribution in [0.2, 0.25) is 0 Å². The van der Waals surface area contributed by atoms with Gasteiger partial charge >= 0.3 is 6.18 Å². The van der Waals surface area contributed by atoms with E-state index in [1.165, 1.54) is 4.90 Å². The van der Waals surface area contributed by atoms with Gasteiger partial charge in [-0.2, -0.15) is 13.2 Å². The Balaban J connectivity index is 0.00000392. The molecular weight excluding hydrogens is 486 g/mol. The van der Waals surface area contributed by atoms with E-state index in [-0.39, 0.29) is 30.0 Å². The average Bonchev–Trinajstić information content (AvgIpc) is 3.04. The highest BCUT2D eigenvalue weighted by Gasteiger charge is 2.34. The van der Waals surface area contributed by atoms with Crippen molar-refractivity contribution in [2.75, 3.05) is 33.3 Å². The molecule has 2 heterocycles. The summed E-state index contributed by atoms with van der Waals surface area (Å²) in [5.74, 6) is 1.14. The molecule has 0 amide bonds. The molecule has 0 aromatic carbocycles. The highest BCUT2D eigenvalue weighted by atomic mass is 127. The number of likely N-dealkylation sites (tertiary alicyclic amines) is 1. The first-order valence-corrected chi connectivity index (χ1v) is 9.24. The number of nitrogens with zero attached hydrogens (tertiary/aromatic N) is 3. The Kier molecular flexibility index (Phi) is 10.9. The topological polar surface area (TPSA) is 61.8 Å². The lowest BCUT2D eigenvalue weighted by atomic mass is 10.2. The minimum absolute atomic E-state index is 0. The van der Waals surface area contributed by atoms with E-state index in [2.05, 4.69) is 27.5 Å². The molecule has 28 heavy (non-hydrogen) atoms. The molecule has 1 saturated heterocycles. The van der Waals surface area contributed by atoms with Gasteiger partial charge < -0.3 is 15.4 Å². The zero-order chi connectivity index (χ0) is 19.7. The van der Waals surface area contributed by atoms with E-state index < -0.39 is 12.7 Å². The number of aliphatic imine (C=N–C) groups is 1. The van der Waals surface area contributed by atoms with Gasteiger partial charge in [0.2, 0.25) is 5.88 Å². The van der Waals surface area contributed by atoms with Crippen LogP contribution in [-0.4, -0.2) is 61.4 Å². The minimum Gasteiger partial charge on any atom is -0.477 e. The summed E-state index contributed by atoms with van der Waals surface area (Å²) < 4.78 is 43.2. The zero-order valence-electron chi connectivity index (χ0n) is 16.3. The van der Waals surface area contributed by atoms with E-state index in [1.807, 2.05) is 12.1 Å². The van der Waals surface area contributed by atoms with Gasteiger partial charge in [0.15, 0.2) is 5.96 Å². The largest absolute Gasteiger partial charge is 0.477 e. The van der Waals surface area contributed by atoms with Crippen molar-refractivity contribution < 1.29 is 17.9 Å². The molecule has 1 aliphatic heterocycles. The molecule has 0 bridgehead atoms. The molecule has 0 saturated carbocycles. The fraction of sp³-hybridized carbons (Fsp3) is 0.667. The number of nitrogens with one attached hydrogen (secondary N) is 2. The van der Waals surface area contributed by atoms with Crippen molar-refractivity contribution in [3.05, 3.63) is 23.9 Å². The number of halogens is 4. The van der Waals surface area contributed by atoms with Gasteiger partial charge in [-0.15, -0.1) is 24.0 Å². The third-order valence-corrected chi connectivity index (χ3v) is 4.27. The van der Waals surface area contributed by atoms with Crippen LogP contribution < -0.4 is 15.4 Å². The Labute approximate surface area is 181 Å². The number of ether oxygens (including phenoxy) is 1. The molecule has 10 heteroatoms. The first-order chi connectivity index (χ1) is 12.9. The summed E-state index contributed by atoms with van der Waals surface area (Å²) in [5, 5.41) is 6.38. The molecule has 1 aromatic rings. The monoisotopic (exact) mass is 515 g/mol. The Bertz CT molecular complexity index is 615. The van der Waals surface area contributed by atoms with Crippen molar-refractivity contribution in [2.24, 2.45) is 4.99 Å². The summed E-state index contributed by atoms with van der Waals surface area (Å²) in [4.78, 5) is 9.84. The summed E-state index contributed by atoms with van der Waals surface area (Å²) in [5.41, 5.74) is 0.904. The zero-order valence-corrected chi connectivity index (χ0v) is 18.6. The Morgan fingerprint density at radius 3 is 2.89 bits per heavy atom. The molecule has 160 valence electrons. The lowest BCUT2D eigenvalue weighted by Crippen LogP contribution is -2.45. The SMILES string of the molecule is CCCCOc1ncccc1CNC(=NC)NC1CCN(CC(F)(F)F)C1.I. The number of pyridine rings is 1. The van der Waals surface area contributed by atoms with Gasteiger partial charge in [-0.3, -0.25) is 9.89 Å². The number of alkyl halides is 3. The summed E-state index contributed by atoms with van der Waals surface area (Å²) in [6.07, 6.45) is 0.177. The maximum atomic E-state index is 12.5. The first-order valence-electron chi connectivity index (χ1n) is 9.24. The van der Waals surface area contributed by atoms with E-state index in [1.54, 1.807) is 13.2 Å². The number of rotatable bonds is 8. The van der Waals surface area contributed by atoms with Crippen LogP contribution in [0.4, 0.5) is 13.2 Å². The Morgan fingerprint density at radius 2 is 2.21 bits per heavy atom. The number of aromatic nitrogens is 1. The van der Waals surface area contributed by atoms with Gasteiger partial charge in [0.05, 0.1) is 13.2 Å². The number of hydrogen-bond donors (Lipinski definition) is 2. The number of hydrogen-bond acceptors (Lipinski definition) is 4. The van der Waals surface area contributed by atoms with E-state index in [0.29, 0.717) is 44.5 Å². The van der Waals surface area contributed by atoms with Gasteiger partial charge in [0.25, 0.3) is 0 Å². The first kappa shape index (κ1) is 24.7. The molecule has 1 aliphatic rings. The van der Waals surface area contributed by atoms with Crippen LogP contribution in [0, 0.1) is 0 Å². The predicted octanol–water partition coefficient (Wildman–Crippen LogP) is 3.18. The van der Waals surface area contributed by atoms with Crippen LogP contribution in [0.1, 0.15) is 31.7 Å². The van der Waals surface area contributed by atoms with Crippen LogP contribution in [0.25, 0.3) is 0 Å². The third kappa shape index (κ3) is 8.80. The van der Waals surface area contributed by atoms with E-state index in [9.17, 15) is 13.2 Å². The van der Waals surface area contributed by atoms with E-state index in [4.69, 9.17) is 4.74 Å². The predicted molar refractivity (Wildman–Crippen MR) is 114 cm³/mol. The molecule has 0 spiro atoms. The molecule has 6 nitrogen and oxygen atoms in total. The van der Waals surface area contributed by atoms with Crippen molar-refractivity contribution in [2.45, 2.75) is 44.9 Å². The molecule has 1 fully saturated rings. The van der Waals surface area contributed by atoms with Crippen LogP contribution in [0.15, 0.2) is 23.3 Å². The average molecular weight is 515 g/mol. The fourth-order valence-corrected chi connectivity index (χ4v) is 2.92. The smallest absolute Gasteiger partial charge is 0.401 e. The summed E-state index contributed by atoms with van der Waals surface area (Å²) in [6.45, 7) is 3.08. The molecular formula is C18H29F3IN5O. The molecule has 1 aromatic heterocycles. The maximum Gasteiger partial charge on any atom is 0.401 e. The van der Waals surface area contributed by atoms with Gasteiger partial charge in [0.1, 0.15) is 0 Å². The van der Waals surface area contributed by atoms with Gasteiger partial charge in [-0.25, -0.2) is 4.98 Å². The highest BCUT2D eigenvalue weighted by molar-refractivity contribution is 14.0. The fourth-order valence-electron chi connectivity index (χ4n) is 2.92. The lowest BCUT2D eigenvalue weighted by molar-refractivity contribution is -0.143. The molecule has 0 aliphatic carbocycles. The van der Waals surface area contributed by atoms with Gasteiger partial charge in [-0.05, 0) is 18.9 Å². The maximum absolute atomic E-state index is 12.5. The second-order valence-electron chi connectivity index (χ2n) is 6.58. The molecule has 1 atom stereocenters. The molecule has 1 unspecified atom stereocenters. The van der Waals surface area contributed by atoms with Crippen molar-refractivity contribution in [3.8, 4) is 5.88 Å². The van der Waals surface area contributed by atoms with Crippen molar-refractivity contribution in [1.82, 2.24) is 20.5 Å². The molecule has 2 rings (SSSR count). The summed E-state index contributed by atoms with van der Waals surface area (Å²) in [6, 6.07) is 3.70. The number of guanidine groups is 1. The standard InChI is InChI=1S/C18H28F3N5O.HI/c1-3-4-10-27-16-14(6-5-8-23-16)11-24-17(22-2)25-15-7-9-26(12-15)13-18(19,20)21;/h5-6,8,15H,3-4,7,9-13H2,1-2H3,(H2,22,24,25);1H. The van der Waals surface area contributed by atoms with Gasteiger partial charge in [0, 0.05) is 44.5 Å². The summed E-state index contributed by atoms with van der Waals surface area (Å²) >= 11 is 0. The normalized spacial score (nSPS) is 17.9. The summed E-state index contributed by atoms with van der Waals surface area (Å²) in [7, 11) is 1.64. The second-order valence-corrected chi connectivity index (χ2v) is 6.58. The van der Waals surface area contributed by atoms with Crippen LogP contribution in [-0.2, 0) is 6.54 Å². The van der Waals surface area contributed by atoms with Crippen LogP contribution in [0.5, 0.6) is 5.88 Å². The second kappa shape index (κ2) is 12.3. The minimum atomic E-state index is -4.16.